The van der Waals surface area contributed by atoms with E-state index in [2.05, 4.69) is 43.0 Å². The maximum atomic E-state index is 10.3. The van der Waals surface area contributed by atoms with Gasteiger partial charge in [-0.3, -0.25) is 0 Å². The van der Waals surface area contributed by atoms with Gasteiger partial charge in [-0.15, -0.1) is 0 Å². The van der Waals surface area contributed by atoms with Crippen LogP contribution in [0.25, 0.3) is 10.9 Å². The maximum Gasteiger partial charge on any atom is 0.223 e. The van der Waals surface area contributed by atoms with Crippen molar-refractivity contribution in [1.29, 1.82) is 0 Å². The average Bonchev–Trinajstić information content (AvgIpc) is 2.49. The van der Waals surface area contributed by atoms with Crippen molar-refractivity contribution in [2.24, 2.45) is 5.92 Å². The topological polar surface area (TPSA) is 97.0 Å². The van der Waals surface area contributed by atoms with Crippen LogP contribution >= 0.6 is 0 Å². The molecule has 6 nitrogen and oxygen atoms in total. The first-order valence-electron chi connectivity index (χ1n) is 8.62. The molecule has 130 valence electrons. The highest BCUT2D eigenvalue weighted by Gasteiger charge is 2.29. The highest BCUT2D eigenvalue weighted by Crippen LogP contribution is 2.38. The van der Waals surface area contributed by atoms with Gasteiger partial charge in [0, 0.05) is 23.5 Å². The number of rotatable bonds is 2. The standard InChI is InChI=1S/C18H27N5O/c1-10-5-6-11(7-14(10)24)12-8-20-16(19)13-9-21-17(22-15(12)13)23-18(2,3)4/h8-11,14,24H,5-7H2,1-4H3,(H2,19,20)(H,21,22,23)/t10-,11-,14-/m1/s1. The molecular formula is C18H27N5O. The predicted octanol–water partition coefficient (Wildman–Crippen LogP) is 3.08. The zero-order valence-corrected chi connectivity index (χ0v) is 14.9. The number of nitrogens with two attached hydrogens (primary N) is 1. The average molecular weight is 329 g/mol. The Bertz CT molecular complexity index is 740. The largest absolute Gasteiger partial charge is 0.393 e. The van der Waals surface area contributed by atoms with Crippen molar-refractivity contribution in [3.8, 4) is 0 Å². The fourth-order valence-corrected chi connectivity index (χ4v) is 3.33. The molecule has 2 aromatic rings. The lowest BCUT2D eigenvalue weighted by Gasteiger charge is -2.31. The van der Waals surface area contributed by atoms with E-state index in [-0.39, 0.29) is 17.6 Å². The number of pyridine rings is 1. The van der Waals surface area contributed by atoms with Gasteiger partial charge in [-0.2, -0.15) is 0 Å². The Hall–Kier alpha value is -1.95. The van der Waals surface area contributed by atoms with Gasteiger partial charge in [0.2, 0.25) is 5.95 Å². The number of nitrogens with zero attached hydrogens (tertiary/aromatic N) is 3. The number of aliphatic hydroxyl groups excluding tert-OH is 1. The van der Waals surface area contributed by atoms with Crippen LogP contribution in [0.1, 0.15) is 58.4 Å². The number of aliphatic hydroxyl groups is 1. The third-order valence-electron chi connectivity index (χ3n) is 4.76. The molecule has 1 saturated carbocycles. The van der Waals surface area contributed by atoms with E-state index in [9.17, 15) is 5.11 Å². The fourth-order valence-electron chi connectivity index (χ4n) is 3.33. The van der Waals surface area contributed by atoms with Crippen LogP contribution in [0.15, 0.2) is 12.4 Å². The predicted molar refractivity (Wildman–Crippen MR) is 96.9 cm³/mol. The Kier molecular flexibility index (Phi) is 4.34. The van der Waals surface area contributed by atoms with Crippen molar-refractivity contribution in [3.63, 3.8) is 0 Å². The summed E-state index contributed by atoms with van der Waals surface area (Å²) in [6.45, 7) is 8.32. The van der Waals surface area contributed by atoms with E-state index in [1.807, 2.05) is 6.20 Å². The first-order chi connectivity index (χ1) is 11.2. The van der Waals surface area contributed by atoms with E-state index in [1.165, 1.54) is 0 Å². The van der Waals surface area contributed by atoms with Crippen LogP contribution in [0.3, 0.4) is 0 Å². The summed E-state index contributed by atoms with van der Waals surface area (Å²) in [4.78, 5) is 13.4. The summed E-state index contributed by atoms with van der Waals surface area (Å²) in [5.41, 5.74) is 7.80. The molecule has 2 aromatic heterocycles. The van der Waals surface area contributed by atoms with Crippen molar-refractivity contribution in [2.75, 3.05) is 11.1 Å². The number of aromatic nitrogens is 3. The molecule has 0 unspecified atom stereocenters. The molecule has 0 bridgehead atoms. The Morgan fingerprint density at radius 1 is 1.21 bits per heavy atom. The summed E-state index contributed by atoms with van der Waals surface area (Å²) in [5.74, 6) is 1.64. The van der Waals surface area contributed by atoms with Gasteiger partial charge < -0.3 is 16.2 Å². The van der Waals surface area contributed by atoms with E-state index < -0.39 is 0 Å². The first-order valence-corrected chi connectivity index (χ1v) is 8.62. The van der Waals surface area contributed by atoms with Crippen LogP contribution in [-0.4, -0.2) is 31.7 Å². The van der Waals surface area contributed by atoms with E-state index in [0.717, 1.165) is 35.7 Å². The van der Waals surface area contributed by atoms with Gasteiger partial charge >= 0.3 is 0 Å². The van der Waals surface area contributed by atoms with E-state index in [0.29, 0.717) is 17.7 Å². The number of nitrogen functional groups attached to an aromatic ring is 1. The van der Waals surface area contributed by atoms with Crippen molar-refractivity contribution in [1.82, 2.24) is 15.0 Å². The smallest absolute Gasteiger partial charge is 0.223 e. The third kappa shape index (κ3) is 3.43. The molecule has 1 fully saturated rings. The Balaban J connectivity index is 2.04. The molecule has 6 heteroatoms. The number of anilines is 2. The summed E-state index contributed by atoms with van der Waals surface area (Å²) in [6, 6.07) is 0. The van der Waals surface area contributed by atoms with Crippen molar-refractivity contribution in [2.45, 2.75) is 64.5 Å². The van der Waals surface area contributed by atoms with E-state index in [1.54, 1.807) is 6.20 Å². The van der Waals surface area contributed by atoms with Crippen molar-refractivity contribution >= 4 is 22.7 Å². The van der Waals surface area contributed by atoms with Gasteiger partial charge in [0.15, 0.2) is 0 Å². The summed E-state index contributed by atoms with van der Waals surface area (Å²) in [6.07, 6.45) is 6.07. The second-order valence-corrected chi connectivity index (χ2v) is 7.98. The normalized spacial score (nSPS) is 25.0. The Morgan fingerprint density at radius 3 is 2.62 bits per heavy atom. The van der Waals surface area contributed by atoms with E-state index >= 15 is 0 Å². The Morgan fingerprint density at radius 2 is 1.96 bits per heavy atom. The maximum absolute atomic E-state index is 10.3. The Labute approximate surface area is 142 Å². The molecule has 24 heavy (non-hydrogen) atoms. The number of fused-ring (bicyclic) bond motifs is 1. The molecule has 3 atom stereocenters. The summed E-state index contributed by atoms with van der Waals surface area (Å²) < 4.78 is 0. The minimum absolute atomic E-state index is 0.122. The lowest BCUT2D eigenvalue weighted by atomic mass is 9.77. The summed E-state index contributed by atoms with van der Waals surface area (Å²) in [7, 11) is 0. The van der Waals surface area contributed by atoms with Gasteiger partial charge in [-0.25, -0.2) is 15.0 Å². The summed E-state index contributed by atoms with van der Waals surface area (Å²) >= 11 is 0. The molecule has 0 spiro atoms. The zero-order chi connectivity index (χ0) is 17.5. The van der Waals surface area contributed by atoms with Gasteiger partial charge in [0.05, 0.1) is 17.0 Å². The minimum Gasteiger partial charge on any atom is -0.393 e. The van der Waals surface area contributed by atoms with Crippen LogP contribution in [0.5, 0.6) is 0 Å². The minimum atomic E-state index is -0.273. The van der Waals surface area contributed by atoms with E-state index in [4.69, 9.17) is 10.7 Å². The van der Waals surface area contributed by atoms with Crippen LogP contribution in [0, 0.1) is 5.92 Å². The third-order valence-corrected chi connectivity index (χ3v) is 4.76. The second kappa shape index (κ2) is 6.16. The molecule has 0 aromatic carbocycles. The monoisotopic (exact) mass is 329 g/mol. The molecule has 0 saturated heterocycles. The SMILES string of the molecule is C[C@@H]1CC[C@@H](c2cnc(N)c3cnc(NC(C)(C)C)nc23)C[C@H]1O. The number of nitrogens with one attached hydrogen (secondary N) is 1. The van der Waals surface area contributed by atoms with Crippen molar-refractivity contribution in [3.05, 3.63) is 18.0 Å². The van der Waals surface area contributed by atoms with Gasteiger partial charge in [0.1, 0.15) is 5.82 Å². The molecular weight excluding hydrogens is 302 g/mol. The number of hydrogen-bond donors (Lipinski definition) is 3. The molecule has 0 radical (unpaired) electrons. The number of hydrogen-bond acceptors (Lipinski definition) is 6. The molecule has 4 N–H and O–H groups in total. The highest BCUT2D eigenvalue weighted by atomic mass is 16.3. The lowest BCUT2D eigenvalue weighted by Crippen LogP contribution is -2.28. The van der Waals surface area contributed by atoms with Crippen LogP contribution in [0.2, 0.25) is 0 Å². The fraction of sp³-hybridized carbons (Fsp3) is 0.611. The van der Waals surface area contributed by atoms with Crippen LogP contribution in [-0.2, 0) is 0 Å². The van der Waals surface area contributed by atoms with Crippen LogP contribution in [0.4, 0.5) is 11.8 Å². The first kappa shape index (κ1) is 16.9. The molecule has 1 aliphatic rings. The highest BCUT2D eigenvalue weighted by molar-refractivity contribution is 5.90. The van der Waals surface area contributed by atoms with Gasteiger partial charge in [0.25, 0.3) is 0 Å². The van der Waals surface area contributed by atoms with Crippen molar-refractivity contribution < 1.29 is 5.11 Å². The molecule has 1 aliphatic carbocycles. The zero-order valence-electron chi connectivity index (χ0n) is 14.9. The quantitative estimate of drug-likeness (QED) is 0.783. The van der Waals surface area contributed by atoms with Gasteiger partial charge in [-0.05, 0) is 51.9 Å². The molecule has 3 rings (SSSR count). The summed E-state index contributed by atoms with van der Waals surface area (Å²) in [5, 5.41) is 14.3. The molecule has 0 aliphatic heterocycles. The van der Waals surface area contributed by atoms with Gasteiger partial charge in [-0.1, -0.05) is 6.92 Å². The molecule has 0 amide bonds. The van der Waals surface area contributed by atoms with Crippen LogP contribution < -0.4 is 11.1 Å². The molecule has 2 heterocycles. The lowest BCUT2D eigenvalue weighted by molar-refractivity contribution is 0.0697. The second-order valence-electron chi connectivity index (χ2n) is 7.98.